The van der Waals surface area contributed by atoms with Crippen LogP contribution in [-0.4, -0.2) is 9.97 Å². The third-order valence-corrected chi connectivity index (χ3v) is 3.37. The van der Waals surface area contributed by atoms with Gasteiger partial charge in [0.2, 0.25) is 0 Å². The van der Waals surface area contributed by atoms with Crippen LogP contribution in [0.15, 0.2) is 27.8 Å². The smallest absolute Gasteiger partial charge is 0.0922 e. The first kappa shape index (κ1) is 9.89. The van der Waals surface area contributed by atoms with Crippen molar-refractivity contribution in [1.82, 2.24) is 15.3 Å². The molecule has 0 radical (unpaired) electrons. The van der Waals surface area contributed by atoms with Gasteiger partial charge >= 0.3 is 0 Å². The van der Waals surface area contributed by atoms with Crippen molar-refractivity contribution in [2.45, 2.75) is 13.1 Å². The summed E-state index contributed by atoms with van der Waals surface area (Å²) in [5.41, 5.74) is 2.42. The molecule has 0 saturated carbocycles. The Morgan fingerprint density at radius 3 is 3.07 bits per heavy atom. The van der Waals surface area contributed by atoms with Crippen LogP contribution in [0.2, 0.25) is 0 Å². The molecule has 2 N–H and O–H groups in total. The maximum absolute atomic E-state index is 3.95. The van der Waals surface area contributed by atoms with Crippen molar-refractivity contribution in [2.24, 2.45) is 0 Å². The molecule has 0 atom stereocenters. The van der Waals surface area contributed by atoms with E-state index in [4.69, 9.17) is 0 Å². The van der Waals surface area contributed by atoms with E-state index in [2.05, 4.69) is 42.7 Å². The summed E-state index contributed by atoms with van der Waals surface area (Å²) in [6.45, 7) is 1.72. The van der Waals surface area contributed by atoms with Gasteiger partial charge < -0.3 is 10.3 Å². The average Bonchev–Trinajstić information content (AvgIpc) is 2.77. The molecule has 0 aliphatic rings. The van der Waals surface area contributed by atoms with Gasteiger partial charge in [-0.15, -0.1) is 11.3 Å². The van der Waals surface area contributed by atoms with Gasteiger partial charge in [-0.3, -0.25) is 0 Å². The zero-order valence-corrected chi connectivity index (χ0v) is 9.86. The van der Waals surface area contributed by atoms with E-state index < -0.39 is 0 Å². The lowest BCUT2D eigenvalue weighted by molar-refractivity contribution is 0.684. The number of aromatic nitrogens is 2. The highest BCUT2D eigenvalue weighted by molar-refractivity contribution is 9.11. The number of hydrogen-bond acceptors (Lipinski definition) is 3. The number of hydrogen-bond donors (Lipinski definition) is 2. The summed E-state index contributed by atoms with van der Waals surface area (Å²) >= 11 is 5.15. The lowest BCUT2D eigenvalue weighted by Gasteiger charge is -1.99. The van der Waals surface area contributed by atoms with E-state index in [0.29, 0.717) is 0 Å². The molecule has 14 heavy (non-hydrogen) atoms. The Morgan fingerprint density at radius 1 is 1.50 bits per heavy atom. The monoisotopic (exact) mass is 271 g/mol. The molecule has 0 aliphatic heterocycles. The second-order valence-electron chi connectivity index (χ2n) is 2.94. The van der Waals surface area contributed by atoms with E-state index in [0.717, 1.165) is 18.8 Å². The van der Waals surface area contributed by atoms with Gasteiger partial charge in [-0.1, -0.05) is 0 Å². The normalized spacial score (nSPS) is 10.6. The minimum Gasteiger partial charge on any atom is -0.347 e. The van der Waals surface area contributed by atoms with Gasteiger partial charge in [0.15, 0.2) is 0 Å². The Hall–Kier alpha value is -0.650. The highest BCUT2D eigenvalue weighted by Gasteiger charge is 1.97. The highest BCUT2D eigenvalue weighted by atomic mass is 79.9. The molecule has 0 spiro atoms. The summed E-state index contributed by atoms with van der Waals surface area (Å²) in [7, 11) is 0. The largest absolute Gasteiger partial charge is 0.347 e. The number of imidazole rings is 1. The van der Waals surface area contributed by atoms with Crippen LogP contribution in [0.25, 0.3) is 0 Å². The molecular weight excluding hydrogens is 262 g/mol. The third-order valence-electron chi connectivity index (χ3n) is 1.82. The third kappa shape index (κ3) is 2.67. The lowest BCUT2D eigenvalue weighted by atomic mass is 10.3. The SMILES string of the molecule is Brc1cc(CNCc2cnc[nH]2)cs1. The number of H-pyrrole nitrogens is 1. The molecule has 0 fully saturated rings. The lowest BCUT2D eigenvalue weighted by Crippen LogP contribution is -2.12. The number of nitrogens with one attached hydrogen (secondary N) is 2. The summed E-state index contributed by atoms with van der Waals surface area (Å²) in [4.78, 5) is 7.00. The van der Waals surface area contributed by atoms with Crippen LogP contribution in [0.1, 0.15) is 11.3 Å². The van der Waals surface area contributed by atoms with Crippen molar-refractivity contribution in [1.29, 1.82) is 0 Å². The molecule has 0 aliphatic carbocycles. The average molecular weight is 272 g/mol. The van der Waals surface area contributed by atoms with Crippen LogP contribution in [-0.2, 0) is 13.1 Å². The summed E-state index contributed by atoms with van der Waals surface area (Å²) in [6, 6.07) is 2.13. The zero-order chi connectivity index (χ0) is 9.80. The Balaban J connectivity index is 1.78. The molecule has 5 heteroatoms. The molecule has 0 aromatic carbocycles. The predicted octanol–water partition coefficient (Wildman–Crippen LogP) is 2.52. The Morgan fingerprint density at radius 2 is 2.43 bits per heavy atom. The molecular formula is C9H10BrN3S. The van der Waals surface area contributed by atoms with Crippen molar-refractivity contribution < 1.29 is 0 Å². The van der Waals surface area contributed by atoms with Crippen LogP contribution >= 0.6 is 27.3 Å². The van der Waals surface area contributed by atoms with E-state index in [9.17, 15) is 0 Å². The molecule has 2 rings (SSSR count). The summed E-state index contributed by atoms with van der Waals surface area (Å²) < 4.78 is 1.18. The van der Waals surface area contributed by atoms with Gasteiger partial charge in [-0.25, -0.2) is 4.98 Å². The zero-order valence-electron chi connectivity index (χ0n) is 7.46. The van der Waals surface area contributed by atoms with Gasteiger partial charge in [-0.05, 0) is 32.9 Å². The van der Waals surface area contributed by atoms with Gasteiger partial charge in [0.25, 0.3) is 0 Å². The van der Waals surface area contributed by atoms with Crippen LogP contribution in [0, 0.1) is 0 Å². The van der Waals surface area contributed by atoms with Crippen molar-refractivity contribution in [3.63, 3.8) is 0 Å². The first-order valence-electron chi connectivity index (χ1n) is 4.25. The number of rotatable bonds is 4. The van der Waals surface area contributed by atoms with E-state index in [1.54, 1.807) is 17.7 Å². The van der Waals surface area contributed by atoms with Gasteiger partial charge in [0.1, 0.15) is 0 Å². The van der Waals surface area contributed by atoms with Crippen LogP contribution < -0.4 is 5.32 Å². The van der Waals surface area contributed by atoms with E-state index in [1.165, 1.54) is 9.35 Å². The van der Waals surface area contributed by atoms with Gasteiger partial charge in [0, 0.05) is 25.0 Å². The molecule has 2 heterocycles. The molecule has 0 amide bonds. The van der Waals surface area contributed by atoms with E-state index in [-0.39, 0.29) is 0 Å². The topological polar surface area (TPSA) is 40.7 Å². The summed E-state index contributed by atoms with van der Waals surface area (Å²) in [5, 5.41) is 5.47. The fourth-order valence-electron chi connectivity index (χ4n) is 1.16. The molecule has 2 aromatic heterocycles. The minimum atomic E-state index is 0.827. The second-order valence-corrected chi connectivity index (χ2v) is 5.23. The van der Waals surface area contributed by atoms with Crippen molar-refractivity contribution in [3.8, 4) is 0 Å². The first-order valence-corrected chi connectivity index (χ1v) is 5.93. The quantitative estimate of drug-likeness (QED) is 0.897. The predicted molar refractivity (Wildman–Crippen MR) is 61.2 cm³/mol. The van der Waals surface area contributed by atoms with Gasteiger partial charge in [-0.2, -0.15) is 0 Å². The van der Waals surface area contributed by atoms with E-state index >= 15 is 0 Å². The highest BCUT2D eigenvalue weighted by Crippen LogP contribution is 2.20. The maximum atomic E-state index is 3.95. The Kier molecular flexibility index (Phi) is 3.34. The fourth-order valence-corrected chi connectivity index (χ4v) is 2.37. The van der Waals surface area contributed by atoms with Gasteiger partial charge in [0.05, 0.1) is 10.1 Å². The van der Waals surface area contributed by atoms with Crippen molar-refractivity contribution in [3.05, 3.63) is 39.0 Å². The second kappa shape index (κ2) is 4.72. The number of halogens is 1. The summed E-state index contributed by atoms with van der Waals surface area (Å²) in [5.74, 6) is 0. The van der Waals surface area contributed by atoms with Crippen LogP contribution in [0.3, 0.4) is 0 Å². The Bertz CT molecular complexity index is 382. The standard InChI is InChI=1S/C9H10BrN3S/c10-9-1-7(5-14-9)2-11-3-8-4-12-6-13-8/h1,4-6,11H,2-3H2,(H,12,13). The molecule has 0 unspecified atom stereocenters. The number of thiophene rings is 1. The molecule has 3 nitrogen and oxygen atoms in total. The van der Waals surface area contributed by atoms with E-state index in [1.807, 2.05) is 6.20 Å². The molecule has 2 aromatic rings. The van der Waals surface area contributed by atoms with Crippen LogP contribution in [0.5, 0.6) is 0 Å². The Labute approximate surface area is 94.7 Å². The summed E-state index contributed by atoms with van der Waals surface area (Å²) in [6.07, 6.45) is 3.52. The molecule has 0 bridgehead atoms. The number of aromatic amines is 1. The first-order chi connectivity index (χ1) is 6.84. The minimum absolute atomic E-state index is 0.827. The van der Waals surface area contributed by atoms with Crippen molar-refractivity contribution in [2.75, 3.05) is 0 Å². The maximum Gasteiger partial charge on any atom is 0.0922 e. The molecule has 0 saturated heterocycles. The van der Waals surface area contributed by atoms with Crippen LogP contribution in [0.4, 0.5) is 0 Å². The fraction of sp³-hybridized carbons (Fsp3) is 0.222. The van der Waals surface area contributed by atoms with Crippen molar-refractivity contribution >= 4 is 27.3 Å². The number of nitrogens with zero attached hydrogens (tertiary/aromatic N) is 1. The molecule has 74 valence electrons.